The molecule has 1 fully saturated rings. The van der Waals surface area contributed by atoms with Gasteiger partial charge in [0.25, 0.3) is 0 Å². The molecule has 3 nitrogen and oxygen atoms in total. The van der Waals surface area contributed by atoms with E-state index in [-0.39, 0.29) is 0 Å². The third kappa shape index (κ3) is 4.50. The van der Waals surface area contributed by atoms with Crippen molar-refractivity contribution in [1.29, 1.82) is 0 Å². The number of hydrogen-bond donors (Lipinski definition) is 1. The molecule has 1 aliphatic rings. The van der Waals surface area contributed by atoms with Crippen molar-refractivity contribution in [2.24, 2.45) is 0 Å². The topological polar surface area (TPSA) is 32.7 Å². The largest absolute Gasteiger partial charge is 0.491 e. The molecule has 0 amide bonds. The number of likely N-dealkylation sites (tertiary alicyclic amines) is 1. The fraction of sp³-hybridized carbons (Fsp3) is 0.647. The fourth-order valence-corrected chi connectivity index (χ4v) is 2.96. The Kier molecular flexibility index (Phi) is 5.44. The van der Waals surface area contributed by atoms with Crippen LogP contribution < -0.4 is 4.74 Å². The number of aryl methyl sites for hydroxylation is 2. The van der Waals surface area contributed by atoms with Crippen molar-refractivity contribution in [1.82, 2.24) is 4.90 Å². The van der Waals surface area contributed by atoms with E-state index in [2.05, 4.69) is 31.7 Å². The number of ether oxygens (including phenoxy) is 1. The first kappa shape index (κ1) is 15.3. The number of rotatable bonds is 5. The van der Waals surface area contributed by atoms with Gasteiger partial charge in [0.2, 0.25) is 0 Å². The highest BCUT2D eigenvalue weighted by atomic mass is 16.5. The monoisotopic (exact) mass is 277 g/mol. The molecule has 1 heterocycles. The zero-order chi connectivity index (χ0) is 14.5. The first-order valence-electron chi connectivity index (χ1n) is 7.68. The van der Waals surface area contributed by atoms with Gasteiger partial charge < -0.3 is 9.84 Å². The molecule has 1 aliphatic heterocycles. The van der Waals surface area contributed by atoms with E-state index in [4.69, 9.17) is 4.74 Å². The summed E-state index contributed by atoms with van der Waals surface area (Å²) in [6.45, 7) is 8.55. The molecule has 2 atom stereocenters. The maximum absolute atomic E-state index is 10.2. The van der Waals surface area contributed by atoms with Gasteiger partial charge in [-0.15, -0.1) is 0 Å². The van der Waals surface area contributed by atoms with Gasteiger partial charge >= 0.3 is 0 Å². The molecule has 0 bridgehead atoms. The molecule has 0 radical (unpaired) electrons. The van der Waals surface area contributed by atoms with Crippen molar-refractivity contribution in [3.05, 3.63) is 29.3 Å². The quantitative estimate of drug-likeness (QED) is 0.898. The Morgan fingerprint density at radius 2 is 1.95 bits per heavy atom. The smallest absolute Gasteiger partial charge is 0.119 e. The molecule has 0 spiro atoms. The van der Waals surface area contributed by atoms with Crippen LogP contribution in [0.4, 0.5) is 0 Å². The molecule has 20 heavy (non-hydrogen) atoms. The summed E-state index contributed by atoms with van der Waals surface area (Å²) in [5.74, 6) is 0.855. The Labute approximate surface area is 122 Å². The van der Waals surface area contributed by atoms with Crippen LogP contribution in [0, 0.1) is 13.8 Å². The molecule has 0 saturated carbocycles. The van der Waals surface area contributed by atoms with Crippen LogP contribution in [0.25, 0.3) is 0 Å². The van der Waals surface area contributed by atoms with E-state index in [1.165, 1.54) is 30.4 Å². The van der Waals surface area contributed by atoms with Crippen molar-refractivity contribution in [2.45, 2.75) is 52.2 Å². The first-order chi connectivity index (χ1) is 9.54. The lowest BCUT2D eigenvalue weighted by Gasteiger charge is -2.34. The van der Waals surface area contributed by atoms with Gasteiger partial charge in [-0.1, -0.05) is 12.5 Å². The lowest BCUT2D eigenvalue weighted by Crippen LogP contribution is -2.43. The molecule has 3 heteroatoms. The van der Waals surface area contributed by atoms with E-state index < -0.39 is 6.10 Å². The van der Waals surface area contributed by atoms with Crippen LogP contribution in [0.15, 0.2) is 18.2 Å². The van der Waals surface area contributed by atoms with E-state index in [9.17, 15) is 5.11 Å². The van der Waals surface area contributed by atoms with Crippen LogP contribution in [0.1, 0.15) is 37.3 Å². The summed E-state index contributed by atoms with van der Waals surface area (Å²) in [4.78, 5) is 2.37. The van der Waals surface area contributed by atoms with Gasteiger partial charge in [0, 0.05) is 12.6 Å². The summed E-state index contributed by atoms with van der Waals surface area (Å²) >= 11 is 0. The summed E-state index contributed by atoms with van der Waals surface area (Å²) in [5, 5.41) is 10.2. The zero-order valence-electron chi connectivity index (χ0n) is 12.9. The van der Waals surface area contributed by atoms with Crippen molar-refractivity contribution >= 4 is 0 Å². The van der Waals surface area contributed by atoms with Gasteiger partial charge in [0.05, 0.1) is 0 Å². The predicted molar refractivity (Wildman–Crippen MR) is 82.3 cm³/mol. The molecule has 0 aromatic heterocycles. The minimum atomic E-state index is -0.420. The predicted octanol–water partition coefficient (Wildman–Crippen LogP) is 2.92. The van der Waals surface area contributed by atoms with E-state index in [0.29, 0.717) is 19.2 Å². The van der Waals surface area contributed by atoms with Crippen LogP contribution in [0.3, 0.4) is 0 Å². The Hall–Kier alpha value is -1.06. The minimum absolute atomic E-state index is 0.367. The van der Waals surface area contributed by atoms with Gasteiger partial charge in [0.1, 0.15) is 18.5 Å². The Bertz CT molecular complexity index is 413. The fourth-order valence-electron chi connectivity index (χ4n) is 2.96. The molecular weight excluding hydrogens is 250 g/mol. The molecular formula is C17H27NO2. The molecule has 0 unspecified atom stereocenters. The van der Waals surface area contributed by atoms with Gasteiger partial charge in [-0.2, -0.15) is 0 Å². The molecule has 0 aliphatic carbocycles. The van der Waals surface area contributed by atoms with Crippen LogP contribution in [-0.4, -0.2) is 41.8 Å². The third-order valence-corrected chi connectivity index (χ3v) is 4.02. The average molecular weight is 277 g/mol. The van der Waals surface area contributed by atoms with Gasteiger partial charge in [-0.25, -0.2) is 0 Å². The summed E-state index contributed by atoms with van der Waals surface area (Å²) < 4.78 is 5.73. The van der Waals surface area contributed by atoms with Crippen molar-refractivity contribution in [2.75, 3.05) is 19.7 Å². The SMILES string of the molecule is Cc1cc(C)cc(OC[C@@H](O)CN2CCCC[C@H]2C)c1. The summed E-state index contributed by atoms with van der Waals surface area (Å²) in [7, 11) is 0. The van der Waals surface area contributed by atoms with E-state index in [1.54, 1.807) is 0 Å². The highest BCUT2D eigenvalue weighted by Crippen LogP contribution is 2.18. The normalized spacial score (nSPS) is 21.7. The number of benzene rings is 1. The Morgan fingerprint density at radius 3 is 2.60 bits per heavy atom. The molecule has 1 aromatic carbocycles. The van der Waals surface area contributed by atoms with Gasteiger partial charge in [0.15, 0.2) is 0 Å². The molecule has 112 valence electrons. The maximum Gasteiger partial charge on any atom is 0.119 e. The van der Waals surface area contributed by atoms with Crippen molar-refractivity contribution in [3.8, 4) is 5.75 Å². The number of aliphatic hydroxyl groups excluding tert-OH is 1. The standard InChI is InChI=1S/C17H27NO2/c1-13-8-14(2)10-17(9-13)20-12-16(19)11-18-7-5-4-6-15(18)3/h8-10,15-16,19H,4-7,11-12H2,1-3H3/t15-,16+/m1/s1. The number of aliphatic hydroxyl groups is 1. The molecule has 2 rings (SSSR count). The van der Waals surface area contributed by atoms with Crippen LogP contribution >= 0.6 is 0 Å². The zero-order valence-corrected chi connectivity index (χ0v) is 12.9. The second-order valence-corrected chi connectivity index (χ2v) is 6.13. The Balaban J connectivity index is 1.80. The Morgan fingerprint density at radius 1 is 1.25 bits per heavy atom. The van der Waals surface area contributed by atoms with Crippen LogP contribution in [0.2, 0.25) is 0 Å². The van der Waals surface area contributed by atoms with Crippen LogP contribution in [-0.2, 0) is 0 Å². The van der Waals surface area contributed by atoms with Gasteiger partial charge in [-0.05, 0) is 63.4 Å². The van der Waals surface area contributed by atoms with Crippen molar-refractivity contribution < 1.29 is 9.84 Å². The van der Waals surface area contributed by atoms with Gasteiger partial charge in [-0.3, -0.25) is 4.90 Å². The second-order valence-electron chi connectivity index (χ2n) is 6.13. The molecule has 1 N–H and O–H groups in total. The highest BCUT2D eigenvalue weighted by Gasteiger charge is 2.20. The second kappa shape index (κ2) is 7.09. The van der Waals surface area contributed by atoms with E-state index >= 15 is 0 Å². The van der Waals surface area contributed by atoms with E-state index in [1.807, 2.05) is 12.1 Å². The lowest BCUT2D eigenvalue weighted by molar-refractivity contribution is 0.0437. The molecule has 1 aromatic rings. The number of nitrogens with zero attached hydrogens (tertiary/aromatic N) is 1. The third-order valence-electron chi connectivity index (χ3n) is 4.02. The summed E-state index contributed by atoms with van der Waals surface area (Å²) in [5.41, 5.74) is 2.39. The highest BCUT2D eigenvalue weighted by molar-refractivity contribution is 5.32. The van der Waals surface area contributed by atoms with E-state index in [0.717, 1.165) is 12.3 Å². The maximum atomic E-state index is 10.2. The minimum Gasteiger partial charge on any atom is -0.491 e. The average Bonchev–Trinajstić information content (AvgIpc) is 2.38. The number of hydrogen-bond acceptors (Lipinski definition) is 3. The lowest BCUT2D eigenvalue weighted by atomic mass is 10.0. The number of piperidine rings is 1. The summed E-state index contributed by atoms with van der Waals surface area (Å²) in [6, 6.07) is 6.74. The number of β-amino-alcohol motifs (C(OH)–C–C–N with tert-alkyl or cyclic N) is 1. The van der Waals surface area contributed by atoms with Crippen molar-refractivity contribution in [3.63, 3.8) is 0 Å². The first-order valence-corrected chi connectivity index (χ1v) is 7.68. The molecule has 1 saturated heterocycles. The summed E-state index contributed by atoms with van der Waals surface area (Å²) in [6.07, 6.45) is 3.38. The van der Waals surface area contributed by atoms with Crippen LogP contribution in [0.5, 0.6) is 5.75 Å².